The van der Waals surface area contributed by atoms with Gasteiger partial charge in [0.2, 0.25) is 0 Å². The van der Waals surface area contributed by atoms with Crippen LogP contribution in [0, 0.1) is 0 Å². The van der Waals surface area contributed by atoms with Crippen molar-refractivity contribution in [3.05, 3.63) is 35.9 Å². The van der Waals surface area contributed by atoms with Crippen molar-refractivity contribution in [2.75, 3.05) is 14.2 Å². The Morgan fingerprint density at radius 1 is 1.00 bits per heavy atom. The van der Waals surface area contributed by atoms with Crippen LogP contribution in [0.15, 0.2) is 30.4 Å². The quantitative estimate of drug-likeness (QED) is 0.722. The van der Waals surface area contributed by atoms with Crippen LogP contribution in [-0.4, -0.2) is 14.2 Å². The number of methoxy groups -OCH3 is 2. The lowest BCUT2D eigenvalue weighted by Gasteiger charge is -2.19. The first-order valence-electron chi connectivity index (χ1n) is 5.71. The Morgan fingerprint density at radius 2 is 1.69 bits per heavy atom. The van der Waals surface area contributed by atoms with E-state index in [1.807, 2.05) is 6.07 Å². The van der Waals surface area contributed by atoms with E-state index in [4.69, 9.17) is 9.47 Å². The van der Waals surface area contributed by atoms with Crippen molar-refractivity contribution in [2.45, 2.75) is 25.2 Å². The summed E-state index contributed by atoms with van der Waals surface area (Å²) >= 11 is 0. The van der Waals surface area contributed by atoms with Gasteiger partial charge in [0.15, 0.2) is 0 Å². The predicted molar refractivity (Wildman–Crippen MR) is 65.3 cm³/mol. The normalized spacial score (nSPS) is 19.5. The van der Waals surface area contributed by atoms with Crippen LogP contribution in [0.4, 0.5) is 0 Å². The largest absolute Gasteiger partial charge is 0.497 e. The molecule has 1 atom stereocenters. The number of ether oxygens (including phenoxy) is 2. The Morgan fingerprint density at radius 3 is 2.19 bits per heavy atom. The van der Waals surface area contributed by atoms with Crippen LogP contribution in [0.5, 0.6) is 11.5 Å². The van der Waals surface area contributed by atoms with Crippen molar-refractivity contribution < 1.29 is 9.47 Å². The second kappa shape index (κ2) is 5.06. The average Bonchev–Trinajstić information content (AvgIpc) is 2.39. The van der Waals surface area contributed by atoms with Crippen molar-refractivity contribution in [3.8, 4) is 11.5 Å². The lowest BCUT2D eigenvalue weighted by molar-refractivity contribution is 0.392. The molecule has 1 unspecified atom stereocenters. The Bertz CT molecular complexity index is 360. The Kier molecular flexibility index (Phi) is 3.50. The van der Waals surface area contributed by atoms with Gasteiger partial charge in [-0.25, -0.2) is 0 Å². The van der Waals surface area contributed by atoms with E-state index in [0.717, 1.165) is 17.9 Å². The van der Waals surface area contributed by atoms with Gasteiger partial charge in [0.25, 0.3) is 0 Å². The van der Waals surface area contributed by atoms with Gasteiger partial charge in [-0.1, -0.05) is 12.2 Å². The van der Waals surface area contributed by atoms with Crippen LogP contribution >= 0.6 is 0 Å². The number of hydrogen-bond acceptors (Lipinski definition) is 2. The van der Waals surface area contributed by atoms with E-state index in [1.165, 1.54) is 18.4 Å². The minimum Gasteiger partial charge on any atom is -0.497 e. The van der Waals surface area contributed by atoms with Crippen LogP contribution in [0.3, 0.4) is 0 Å². The zero-order chi connectivity index (χ0) is 11.4. The molecule has 2 nitrogen and oxygen atoms in total. The van der Waals surface area contributed by atoms with Gasteiger partial charge < -0.3 is 9.47 Å². The summed E-state index contributed by atoms with van der Waals surface area (Å²) in [5.74, 6) is 2.36. The third kappa shape index (κ3) is 2.38. The molecule has 1 aliphatic carbocycles. The highest BCUT2D eigenvalue weighted by molar-refractivity contribution is 5.40. The van der Waals surface area contributed by atoms with E-state index in [9.17, 15) is 0 Å². The second-order valence-electron chi connectivity index (χ2n) is 4.13. The molecule has 86 valence electrons. The van der Waals surface area contributed by atoms with E-state index in [-0.39, 0.29) is 0 Å². The van der Waals surface area contributed by atoms with Crippen molar-refractivity contribution in [2.24, 2.45) is 0 Å². The van der Waals surface area contributed by atoms with Gasteiger partial charge in [-0.15, -0.1) is 0 Å². The number of rotatable bonds is 3. The summed E-state index contributed by atoms with van der Waals surface area (Å²) in [7, 11) is 3.39. The van der Waals surface area contributed by atoms with E-state index in [1.54, 1.807) is 14.2 Å². The number of hydrogen-bond donors (Lipinski definition) is 0. The summed E-state index contributed by atoms with van der Waals surface area (Å²) in [6, 6.07) is 6.15. The number of allylic oxidation sites excluding steroid dienone is 2. The lowest BCUT2D eigenvalue weighted by atomic mass is 9.87. The van der Waals surface area contributed by atoms with Crippen LogP contribution in [0.25, 0.3) is 0 Å². The summed E-state index contributed by atoms with van der Waals surface area (Å²) in [4.78, 5) is 0. The molecule has 1 aromatic rings. The molecule has 0 aliphatic heterocycles. The first-order valence-corrected chi connectivity index (χ1v) is 5.71. The zero-order valence-corrected chi connectivity index (χ0v) is 9.90. The van der Waals surface area contributed by atoms with Crippen molar-refractivity contribution >= 4 is 0 Å². The Labute approximate surface area is 96.9 Å². The smallest absolute Gasteiger partial charge is 0.122 e. The fourth-order valence-electron chi connectivity index (χ4n) is 2.16. The Balaban J connectivity index is 2.28. The molecular formula is C14H18O2. The van der Waals surface area contributed by atoms with Gasteiger partial charge in [-0.2, -0.15) is 0 Å². The van der Waals surface area contributed by atoms with Gasteiger partial charge in [-0.05, 0) is 42.9 Å². The molecule has 0 N–H and O–H groups in total. The van der Waals surface area contributed by atoms with Crippen LogP contribution in [0.2, 0.25) is 0 Å². The van der Waals surface area contributed by atoms with Gasteiger partial charge in [-0.3, -0.25) is 0 Å². The van der Waals surface area contributed by atoms with Crippen molar-refractivity contribution in [3.63, 3.8) is 0 Å². The van der Waals surface area contributed by atoms with E-state index in [0.29, 0.717) is 5.92 Å². The SMILES string of the molecule is COc1cc(OC)cc(C2CC=CCC2)c1. The summed E-state index contributed by atoms with van der Waals surface area (Å²) in [5, 5.41) is 0. The van der Waals surface area contributed by atoms with Crippen LogP contribution in [-0.2, 0) is 0 Å². The molecule has 1 aromatic carbocycles. The standard InChI is InChI=1S/C14H18O2/c1-15-13-8-12(9-14(10-13)16-2)11-6-4-3-5-7-11/h3-4,8-11H,5-7H2,1-2H3. The molecule has 0 spiro atoms. The summed E-state index contributed by atoms with van der Waals surface area (Å²) in [5.41, 5.74) is 1.32. The summed E-state index contributed by atoms with van der Waals surface area (Å²) in [6.07, 6.45) is 8.03. The number of benzene rings is 1. The molecule has 0 saturated carbocycles. The molecular weight excluding hydrogens is 200 g/mol. The molecule has 16 heavy (non-hydrogen) atoms. The van der Waals surface area contributed by atoms with Crippen molar-refractivity contribution in [1.82, 2.24) is 0 Å². The van der Waals surface area contributed by atoms with E-state index in [2.05, 4.69) is 24.3 Å². The monoisotopic (exact) mass is 218 g/mol. The van der Waals surface area contributed by atoms with Crippen LogP contribution < -0.4 is 9.47 Å². The van der Waals surface area contributed by atoms with Crippen LogP contribution in [0.1, 0.15) is 30.7 Å². The first kappa shape index (κ1) is 11.1. The van der Waals surface area contributed by atoms with E-state index >= 15 is 0 Å². The molecule has 0 heterocycles. The second-order valence-corrected chi connectivity index (χ2v) is 4.13. The fraction of sp³-hybridized carbons (Fsp3) is 0.429. The predicted octanol–water partition coefficient (Wildman–Crippen LogP) is 3.53. The Hall–Kier alpha value is -1.44. The molecule has 0 aromatic heterocycles. The van der Waals surface area contributed by atoms with Gasteiger partial charge in [0.05, 0.1) is 14.2 Å². The molecule has 0 fully saturated rings. The summed E-state index contributed by atoms with van der Waals surface area (Å²) < 4.78 is 10.6. The topological polar surface area (TPSA) is 18.5 Å². The van der Waals surface area contributed by atoms with Gasteiger partial charge in [0, 0.05) is 6.07 Å². The highest BCUT2D eigenvalue weighted by Crippen LogP contribution is 2.33. The average molecular weight is 218 g/mol. The van der Waals surface area contributed by atoms with E-state index < -0.39 is 0 Å². The minimum atomic E-state index is 0.606. The van der Waals surface area contributed by atoms with Gasteiger partial charge >= 0.3 is 0 Å². The molecule has 0 saturated heterocycles. The third-order valence-electron chi connectivity index (χ3n) is 3.11. The molecule has 0 bridgehead atoms. The molecule has 2 rings (SSSR count). The minimum absolute atomic E-state index is 0.606. The summed E-state index contributed by atoms with van der Waals surface area (Å²) in [6.45, 7) is 0. The zero-order valence-electron chi connectivity index (χ0n) is 9.90. The molecule has 0 amide bonds. The first-order chi connectivity index (χ1) is 7.83. The maximum atomic E-state index is 5.29. The highest BCUT2D eigenvalue weighted by Gasteiger charge is 2.14. The lowest BCUT2D eigenvalue weighted by Crippen LogP contribution is -2.02. The maximum Gasteiger partial charge on any atom is 0.122 e. The third-order valence-corrected chi connectivity index (χ3v) is 3.11. The molecule has 0 radical (unpaired) electrons. The highest BCUT2D eigenvalue weighted by atomic mass is 16.5. The maximum absolute atomic E-state index is 5.29. The fourth-order valence-corrected chi connectivity index (χ4v) is 2.16. The molecule has 2 heteroatoms. The van der Waals surface area contributed by atoms with Crippen molar-refractivity contribution in [1.29, 1.82) is 0 Å². The molecule has 1 aliphatic rings. The van der Waals surface area contributed by atoms with Gasteiger partial charge in [0.1, 0.15) is 11.5 Å².